The zero-order valence-electron chi connectivity index (χ0n) is 11.9. The van der Waals surface area contributed by atoms with Crippen LogP contribution in [0.4, 0.5) is 5.69 Å². The van der Waals surface area contributed by atoms with Crippen LogP contribution >= 0.6 is 11.6 Å². The van der Waals surface area contributed by atoms with E-state index >= 15 is 0 Å². The van der Waals surface area contributed by atoms with E-state index in [4.69, 9.17) is 17.3 Å². The molecule has 5 nitrogen and oxygen atoms in total. The largest absolute Gasteiger partial charge is 0.480 e. The van der Waals surface area contributed by atoms with Gasteiger partial charge in [-0.1, -0.05) is 18.5 Å². The van der Waals surface area contributed by atoms with Gasteiger partial charge in [0, 0.05) is 5.56 Å². The Kier molecular flexibility index (Phi) is 4.42. The van der Waals surface area contributed by atoms with Crippen LogP contribution in [0.25, 0.3) is 0 Å². The van der Waals surface area contributed by atoms with E-state index in [0.29, 0.717) is 35.0 Å². The minimum atomic E-state index is -1.18. The van der Waals surface area contributed by atoms with E-state index in [1.807, 2.05) is 0 Å². The zero-order valence-corrected chi connectivity index (χ0v) is 12.6. The van der Waals surface area contributed by atoms with Crippen molar-refractivity contribution in [1.29, 1.82) is 0 Å². The summed E-state index contributed by atoms with van der Waals surface area (Å²) in [4.78, 5) is 23.9. The number of aliphatic carboxylic acids is 1. The number of carboxylic acid groups (broad SMARTS) is 1. The van der Waals surface area contributed by atoms with Crippen molar-refractivity contribution in [1.82, 2.24) is 5.32 Å². The average molecular weight is 311 g/mol. The van der Waals surface area contributed by atoms with Crippen LogP contribution in [0.3, 0.4) is 0 Å². The highest BCUT2D eigenvalue weighted by molar-refractivity contribution is 6.33. The highest BCUT2D eigenvalue weighted by Crippen LogP contribution is 2.32. The number of hydrogen-bond donors (Lipinski definition) is 3. The molecule has 0 saturated heterocycles. The third-order valence-corrected chi connectivity index (χ3v) is 4.49. The van der Waals surface area contributed by atoms with Crippen molar-refractivity contribution >= 4 is 29.2 Å². The quantitative estimate of drug-likeness (QED) is 0.748. The summed E-state index contributed by atoms with van der Waals surface area (Å²) in [7, 11) is 0. The fourth-order valence-corrected chi connectivity index (χ4v) is 2.74. The minimum absolute atomic E-state index is 0.297. The van der Waals surface area contributed by atoms with E-state index in [0.717, 1.165) is 12.8 Å². The van der Waals surface area contributed by atoms with Crippen LogP contribution in [0, 0.1) is 5.92 Å². The van der Waals surface area contributed by atoms with E-state index < -0.39 is 17.4 Å². The SMILES string of the molecule is CC1CCC(NC(=O)c2ccc(Cl)c(N)c2)(C(=O)O)CC1. The molecule has 0 radical (unpaired) electrons. The fourth-order valence-electron chi connectivity index (χ4n) is 2.62. The van der Waals surface area contributed by atoms with Crippen LogP contribution in [-0.4, -0.2) is 22.5 Å². The lowest BCUT2D eigenvalue weighted by atomic mass is 9.77. The molecule has 0 heterocycles. The number of nitrogen functional groups attached to an aromatic ring is 1. The molecule has 4 N–H and O–H groups in total. The number of carbonyl (C=O) groups is 2. The van der Waals surface area contributed by atoms with Gasteiger partial charge in [-0.3, -0.25) is 4.79 Å². The van der Waals surface area contributed by atoms with Crippen molar-refractivity contribution in [3.8, 4) is 0 Å². The number of carboxylic acids is 1. The second kappa shape index (κ2) is 5.93. The lowest BCUT2D eigenvalue weighted by Gasteiger charge is -2.36. The number of rotatable bonds is 3. The molecule has 21 heavy (non-hydrogen) atoms. The van der Waals surface area contributed by atoms with Gasteiger partial charge in [0.05, 0.1) is 10.7 Å². The van der Waals surface area contributed by atoms with Crippen LogP contribution in [0.15, 0.2) is 18.2 Å². The van der Waals surface area contributed by atoms with Crippen LogP contribution in [0.5, 0.6) is 0 Å². The van der Waals surface area contributed by atoms with E-state index in [1.54, 1.807) is 0 Å². The van der Waals surface area contributed by atoms with Crippen molar-refractivity contribution < 1.29 is 14.7 Å². The fraction of sp³-hybridized carbons (Fsp3) is 0.467. The molecule has 1 aliphatic carbocycles. The summed E-state index contributed by atoms with van der Waals surface area (Å²) in [6.45, 7) is 2.09. The first-order valence-corrected chi connectivity index (χ1v) is 7.33. The van der Waals surface area contributed by atoms with Gasteiger partial charge in [-0.05, 0) is 49.8 Å². The van der Waals surface area contributed by atoms with E-state index in [9.17, 15) is 14.7 Å². The molecule has 0 aromatic heterocycles. The Labute approximate surface area is 128 Å². The molecule has 6 heteroatoms. The number of amides is 1. The van der Waals surface area contributed by atoms with Crippen molar-refractivity contribution in [3.63, 3.8) is 0 Å². The first kappa shape index (κ1) is 15.6. The second-order valence-corrected chi connectivity index (χ2v) is 6.17. The van der Waals surface area contributed by atoms with Crippen LogP contribution < -0.4 is 11.1 Å². The van der Waals surface area contributed by atoms with Crippen LogP contribution in [0.2, 0.25) is 5.02 Å². The average Bonchev–Trinajstić information content (AvgIpc) is 2.44. The molecular weight excluding hydrogens is 292 g/mol. The molecule has 0 atom stereocenters. The zero-order chi connectivity index (χ0) is 15.6. The van der Waals surface area contributed by atoms with Gasteiger partial charge in [-0.15, -0.1) is 0 Å². The molecule has 1 fully saturated rings. The maximum atomic E-state index is 12.3. The highest BCUT2D eigenvalue weighted by Gasteiger charge is 2.42. The molecule has 1 aliphatic rings. The van der Waals surface area contributed by atoms with Gasteiger partial charge in [-0.2, -0.15) is 0 Å². The first-order valence-electron chi connectivity index (χ1n) is 6.95. The maximum absolute atomic E-state index is 12.3. The van der Waals surface area contributed by atoms with Gasteiger partial charge in [-0.25, -0.2) is 4.79 Å². The lowest BCUT2D eigenvalue weighted by molar-refractivity contribution is -0.146. The maximum Gasteiger partial charge on any atom is 0.329 e. The van der Waals surface area contributed by atoms with Gasteiger partial charge in [0.2, 0.25) is 0 Å². The van der Waals surface area contributed by atoms with Crippen LogP contribution in [0.1, 0.15) is 43.0 Å². The van der Waals surface area contributed by atoms with E-state index in [1.165, 1.54) is 18.2 Å². The second-order valence-electron chi connectivity index (χ2n) is 5.76. The molecule has 114 valence electrons. The molecule has 1 aromatic rings. The van der Waals surface area contributed by atoms with Crippen molar-refractivity contribution in [2.75, 3.05) is 5.73 Å². The monoisotopic (exact) mass is 310 g/mol. The summed E-state index contributed by atoms with van der Waals surface area (Å²) < 4.78 is 0. The summed E-state index contributed by atoms with van der Waals surface area (Å²) >= 11 is 5.82. The Morgan fingerprint density at radius 3 is 2.52 bits per heavy atom. The van der Waals surface area contributed by atoms with Crippen molar-refractivity contribution in [2.45, 2.75) is 38.1 Å². The smallest absolute Gasteiger partial charge is 0.329 e. The van der Waals surface area contributed by atoms with Gasteiger partial charge in [0.1, 0.15) is 5.54 Å². The van der Waals surface area contributed by atoms with E-state index in [-0.39, 0.29) is 0 Å². The standard InChI is InChI=1S/C15H19ClN2O3/c1-9-4-6-15(7-5-9,14(20)21)18-13(19)10-2-3-11(16)12(17)8-10/h2-3,8-9H,4-7,17H2,1H3,(H,18,19)(H,20,21). The Balaban J connectivity index is 2.19. The molecule has 0 unspecified atom stereocenters. The number of anilines is 1. The predicted molar refractivity (Wildman–Crippen MR) is 81.3 cm³/mol. The summed E-state index contributed by atoms with van der Waals surface area (Å²) in [6.07, 6.45) is 2.46. The lowest BCUT2D eigenvalue weighted by Crippen LogP contribution is -2.56. The van der Waals surface area contributed by atoms with Crippen molar-refractivity contribution in [3.05, 3.63) is 28.8 Å². The number of hydrogen-bond acceptors (Lipinski definition) is 3. The Morgan fingerprint density at radius 2 is 2.00 bits per heavy atom. The number of nitrogens with two attached hydrogens (primary N) is 1. The normalized spacial score (nSPS) is 25.3. The summed E-state index contributed by atoms with van der Waals surface area (Å²) in [5, 5.41) is 12.6. The number of nitrogens with one attached hydrogen (secondary N) is 1. The number of benzene rings is 1. The van der Waals surface area contributed by atoms with Crippen LogP contribution in [-0.2, 0) is 4.79 Å². The summed E-state index contributed by atoms with van der Waals surface area (Å²) in [6, 6.07) is 4.52. The summed E-state index contributed by atoms with van der Waals surface area (Å²) in [5.41, 5.74) is 5.10. The summed E-state index contributed by atoms with van der Waals surface area (Å²) in [5.74, 6) is -0.930. The first-order chi connectivity index (χ1) is 9.84. The molecule has 0 bridgehead atoms. The molecule has 0 spiro atoms. The Bertz CT molecular complexity index is 566. The molecular formula is C15H19ClN2O3. The Hall–Kier alpha value is -1.75. The molecule has 2 rings (SSSR count). The highest BCUT2D eigenvalue weighted by atomic mass is 35.5. The number of halogens is 1. The predicted octanol–water partition coefficient (Wildman–Crippen LogP) is 2.69. The third-order valence-electron chi connectivity index (χ3n) is 4.15. The van der Waals surface area contributed by atoms with Gasteiger partial charge < -0.3 is 16.2 Å². The molecule has 1 saturated carbocycles. The topological polar surface area (TPSA) is 92.4 Å². The van der Waals surface area contributed by atoms with Crippen molar-refractivity contribution in [2.24, 2.45) is 5.92 Å². The van der Waals surface area contributed by atoms with Gasteiger partial charge in [0.15, 0.2) is 0 Å². The number of carbonyl (C=O) groups excluding carboxylic acids is 1. The third kappa shape index (κ3) is 3.29. The molecule has 0 aliphatic heterocycles. The molecule has 1 aromatic carbocycles. The van der Waals surface area contributed by atoms with Gasteiger partial charge in [0.25, 0.3) is 5.91 Å². The van der Waals surface area contributed by atoms with E-state index in [2.05, 4.69) is 12.2 Å². The minimum Gasteiger partial charge on any atom is -0.480 e. The molecule has 1 amide bonds. The van der Waals surface area contributed by atoms with Gasteiger partial charge >= 0.3 is 5.97 Å². The Morgan fingerprint density at radius 1 is 1.38 bits per heavy atom.